The molecule has 0 atom stereocenters. The summed E-state index contributed by atoms with van der Waals surface area (Å²) in [5.41, 5.74) is 0.766. The Hall–Kier alpha value is -2.15. The van der Waals surface area contributed by atoms with Gasteiger partial charge in [-0.05, 0) is 36.8 Å². The summed E-state index contributed by atoms with van der Waals surface area (Å²) in [6.07, 6.45) is 3.84. The van der Waals surface area contributed by atoms with E-state index in [-0.39, 0.29) is 0 Å². The van der Waals surface area contributed by atoms with Crippen LogP contribution in [0.3, 0.4) is 0 Å². The first-order valence-electron chi connectivity index (χ1n) is 6.63. The van der Waals surface area contributed by atoms with Gasteiger partial charge in [0.1, 0.15) is 5.82 Å². The van der Waals surface area contributed by atoms with Gasteiger partial charge in [0.15, 0.2) is 9.84 Å². The van der Waals surface area contributed by atoms with Gasteiger partial charge in [-0.25, -0.2) is 13.4 Å². The first-order chi connectivity index (χ1) is 9.99. The molecular formula is C14H18N4O2S. The van der Waals surface area contributed by atoms with Crippen LogP contribution < -0.4 is 10.6 Å². The van der Waals surface area contributed by atoms with E-state index < -0.39 is 9.84 Å². The predicted molar refractivity (Wildman–Crippen MR) is 83.6 cm³/mol. The minimum atomic E-state index is -3.17. The Labute approximate surface area is 124 Å². The smallest absolute Gasteiger partial charge is 0.224 e. The van der Waals surface area contributed by atoms with E-state index >= 15 is 0 Å². The third-order valence-electron chi connectivity index (χ3n) is 2.74. The van der Waals surface area contributed by atoms with Crippen molar-refractivity contribution in [1.82, 2.24) is 9.97 Å². The SMILES string of the molecule is CCCNc1nccc(Nc2ccc(S(C)(=O)=O)cc2)n1. The molecule has 0 bridgehead atoms. The van der Waals surface area contributed by atoms with Crippen molar-refractivity contribution in [3.8, 4) is 0 Å². The van der Waals surface area contributed by atoms with Crippen LogP contribution in [0.15, 0.2) is 41.4 Å². The van der Waals surface area contributed by atoms with Gasteiger partial charge in [0.25, 0.3) is 0 Å². The molecule has 0 unspecified atom stereocenters. The molecule has 6 nitrogen and oxygen atoms in total. The van der Waals surface area contributed by atoms with Crippen LogP contribution >= 0.6 is 0 Å². The Bertz CT molecular complexity index is 699. The Kier molecular flexibility index (Phi) is 4.74. The zero-order valence-electron chi connectivity index (χ0n) is 12.0. The quantitative estimate of drug-likeness (QED) is 0.853. The number of sulfone groups is 1. The molecule has 21 heavy (non-hydrogen) atoms. The number of nitrogens with one attached hydrogen (secondary N) is 2. The average molecular weight is 306 g/mol. The topological polar surface area (TPSA) is 84.0 Å². The minimum absolute atomic E-state index is 0.293. The summed E-state index contributed by atoms with van der Waals surface area (Å²) in [6.45, 7) is 2.88. The third-order valence-corrected chi connectivity index (χ3v) is 3.87. The molecule has 2 aromatic rings. The highest BCUT2D eigenvalue weighted by Crippen LogP contribution is 2.18. The second-order valence-electron chi connectivity index (χ2n) is 4.61. The summed E-state index contributed by atoms with van der Waals surface area (Å²) in [4.78, 5) is 8.74. The standard InChI is InChI=1S/C14H18N4O2S/c1-3-9-15-14-16-10-8-13(18-14)17-11-4-6-12(7-5-11)21(2,19)20/h4-8,10H,3,9H2,1-2H3,(H2,15,16,17,18). The molecule has 0 aliphatic heterocycles. The Morgan fingerprint density at radius 3 is 2.48 bits per heavy atom. The number of benzene rings is 1. The van der Waals surface area contributed by atoms with Gasteiger partial charge in [-0.15, -0.1) is 0 Å². The highest BCUT2D eigenvalue weighted by atomic mass is 32.2. The Morgan fingerprint density at radius 1 is 1.14 bits per heavy atom. The minimum Gasteiger partial charge on any atom is -0.354 e. The van der Waals surface area contributed by atoms with Gasteiger partial charge in [0.2, 0.25) is 5.95 Å². The first kappa shape index (κ1) is 15.2. The first-order valence-corrected chi connectivity index (χ1v) is 8.52. The van der Waals surface area contributed by atoms with E-state index in [1.807, 2.05) is 0 Å². The molecule has 1 heterocycles. The van der Waals surface area contributed by atoms with Gasteiger partial charge in [0.05, 0.1) is 4.90 Å². The average Bonchev–Trinajstić information content (AvgIpc) is 2.45. The number of hydrogen-bond donors (Lipinski definition) is 2. The summed E-state index contributed by atoms with van der Waals surface area (Å²) in [7, 11) is -3.17. The van der Waals surface area contributed by atoms with E-state index in [1.54, 1.807) is 36.5 Å². The molecule has 0 fully saturated rings. The maximum absolute atomic E-state index is 11.4. The highest BCUT2D eigenvalue weighted by molar-refractivity contribution is 7.90. The highest BCUT2D eigenvalue weighted by Gasteiger charge is 2.06. The fraction of sp³-hybridized carbons (Fsp3) is 0.286. The van der Waals surface area contributed by atoms with Crippen molar-refractivity contribution in [1.29, 1.82) is 0 Å². The van der Waals surface area contributed by atoms with Crippen molar-refractivity contribution in [2.75, 3.05) is 23.4 Å². The van der Waals surface area contributed by atoms with E-state index in [0.29, 0.717) is 16.7 Å². The van der Waals surface area contributed by atoms with Crippen molar-refractivity contribution in [2.45, 2.75) is 18.2 Å². The van der Waals surface area contributed by atoms with Crippen LogP contribution in [0.25, 0.3) is 0 Å². The van der Waals surface area contributed by atoms with Crippen molar-refractivity contribution in [3.05, 3.63) is 36.5 Å². The van der Waals surface area contributed by atoms with E-state index in [0.717, 1.165) is 18.7 Å². The van der Waals surface area contributed by atoms with Crippen LogP contribution in [0.4, 0.5) is 17.5 Å². The molecule has 1 aromatic heterocycles. The molecule has 0 saturated carbocycles. The fourth-order valence-electron chi connectivity index (χ4n) is 1.68. The molecular weight excluding hydrogens is 288 g/mol. The van der Waals surface area contributed by atoms with Gasteiger partial charge >= 0.3 is 0 Å². The van der Waals surface area contributed by atoms with Crippen LogP contribution in [-0.4, -0.2) is 31.2 Å². The number of aromatic nitrogens is 2. The van der Waals surface area contributed by atoms with Gasteiger partial charge in [-0.1, -0.05) is 6.92 Å². The molecule has 0 radical (unpaired) electrons. The van der Waals surface area contributed by atoms with E-state index in [1.165, 1.54) is 6.26 Å². The van der Waals surface area contributed by atoms with Gasteiger partial charge in [-0.2, -0.15) is 4.98 Å². The van der Waals surface area contributed by atoms with E-state index in [2.05, 4.69) is 27.5 Å². The summed E-state index contributed by atoms with van der Waals surface area (Å²) in [6, 6.07) is 8.29. The lowest BCUT2D eigenvalue weighted by atomic mass is 10.3. The monoisotopic (exact) mass is 306 g/mol. The third kappa shape index (κ3) is 4.42. The van der Waals surface area contributed by atoms with E-state index in [4.69, 9.17) is 0 Å². The zero-order chi connectivity index (χ0) is 15.3. The molecule has 0 aliphatic carbocycles. The van der Waals surface area contributed by atoms with Crippen LogP contribution in [0, 0.1) is 0 Å². The van der Waals surface area contributed by atoms with Gasteiger partial charge in [-0.3, -0.25) is 0 Å². The lowest BCUT2D eigenvalue weighted by Gasteiger charge is -2.08. The van der Waals surface area contributed by atoms with Crippen molar-refractivity contribution in [3.63, 3.8) is 0 Å². The molecule has 2 N–H and O–H groups in total. The van der Waals surface area contributed by atoms with Crippen LogP contribution in [0.5, 0.6) is 0 Å². The second-order valence-corrected chi connectivity index (χ2v) is 6.63. The van der Waals surface area contributed by atoms with Crippen LogP contribution in [0.2, 0.25) is 0 Å². The fourth-order valence-corrected chi connectivity index (χ4v) is 2.31. The normalized spacial score (nSPS) is 11.1. The summed E-state index contributed by atoms with van der Waals surface area (Å²) in [5.74, 6) is 1.21. The second kappa shape index (κ2) is 6.53. The predicted octanol–water partition coefficient (Wildman–Crippen LogP) is 2.45. The Balaban J connectivity index is 2.11. The molecule has 2 rings (SSSR count). The zero-order valence-corrected chi connectivity index (χ0v) is 12.8. The molecule has 112 valence electrons. The lowest BCUT2D eigenvalue weighted by Crippen LogP contribution is -2.05. The maximum atomic E-state index is 11.4. The molecule has 1 aromatic carbocycles. The molecule has 0 saturated heterocycles. The summed E-state index contributed by atoms with van der Waals surface area (Å²) in [5, 5.41) is 6.22. The largest absolute Gasteiger partial charge is 0.354 e. The van der Waals surface area contributed by atoms with E-state index in [9.17, 15) is 8.42 Å². The van der Waals surface area contributed by atoms with Crippen molar-refractivity contribution < 1.29 is 8.42 Å². The molecule has 0 spiro atoms. The lowest BCUT2D eigenvalue weighted by molar-refractivity contribution is 0.602. The van der Waals surface area contributed by atoms with Gasteiger partial charge < -0.3 is 10.6 Å². The van der Waals surface area contributed by atoms with Crippen molar-refractivity contribution >= 4 is 27.3 Å². The Morgan fingerprint density at radius 2 is 1.86 bits per heavy atom. The van der Waals surface area contributed by atoms with Crippen LogP contribution in [-0.2, 0) is 9.84 Å². The number of nitrogens with zero attached hydrogens (tertiary/aromatic N) is 2. The number of rotatable bonds is 6. The van der Waals surface area contributed by atoms with Crippen molar-refractivity contribution in [2.24, 2.45) is 0 Å². The summed E-state index contributed by atoms with van der Waals surface area (Å²) < 4.78 is 22.8. The molecule has 0 aliphatic rings. The molecule has 0 amide bonds. The van der Waals surface area contributed by atoms with Gasteiger partial charge in [0, 0.05) is 24.7 Å². The number of hydrogen-bond acceptors (Lipinski definition) is 6. The maximum Gasteiger partial charge on any atom is 0.224 e. The van der Waals surface area contributed by atoms with Crippen LogP contribution in [0.1, 0.15) is 13.3 Å². The number of anilines is 3. The summed E-state index contributed by atoms with van der Waals surface area (Å²) >= 11 is 0. The molecule has 7 heteroatoms.